The lowest BCUT2D eigenvalue weighted by molar-refractivity contribution is 0.0590. The number of rotatable bonds is 5. The van der Waals surface area contributed by atoms with Crippen molar-refractivity contribution in [2.24, 2.45) is 0 Å². The summed E-state index contributed by atoms with van der Waals surface area (Å²) in [5.74, 6) is 0.399. The SMILES string of the molecule is COC(=O)c1cc(-c2ccc(Oc3ccc(Cl)cc3)cc2)nn1-c1ccc(F)cc1. The van der Waals surface area contributed by atoms with E-state index in [1.807, 2.05) is 12.1 Å². The van der Waals surface area contributed by atoms with Crippen LogP contribution >= 0.6 is 11.6 Å². The Bertz CT molecular complexity index is 1170. The van der Waals surface area contributed by atoms with Crippen LogP contribution in [0.2, 0.25) is 5.02 Å². The molecule has 0 atom stereocenters. The molecule has 0 spiro atoms. The first-order valence-corrected chi connectivity index (χ1v) is 9.39. The third-order valence-electron chi connectivity index (χ3n) is 4.37. The molecule has 0 saturated heterocycles. The molecule has 0 unspecified atom stereocenters. The topological polar surface area (TPSA) is 53.4 Å². The third-order valence-corrected chi connectivity index (χ3v) is 4.63. The normalized spacial score (nSPS) is 10.6. The first-order chi connectivity index (χ1) is 14.5. The van der Waals surface area contributed by atoms with Crippen molar-refractivity contribution in [2.45, 2.75) is 0 Å². The molecule has 5 nitrogen and oxygen atoms in total. The fourth-order valence-corrected chi connectivity index (χ4v) is 3.01. The van der Waals surface area contributed by atoms with Crippen molar-refractivity contribution in [1.82, 2.24) is 9.78 Å². The summed E-state index contributed by atoms with van der Waals surface area (Å²) in [6, 6.07) is 21.7. The Kier molecular flexibility index (Phi) is 5.50. The molecule has 3 aromatic carbocycles. The van der Waals surface area contributed by atoms with Crippen LogP contribution in [0.1, 0.15) is 10.5 Å². The molecule has 0 bridgehead atoms. The number of esters is 1. The van der Waals surface area contributed by atoms with Crippen molar-refractivity contribution < 1.29 is 18.7 Å². The fourth-order valence-electron chi connectivity index (χ4n) is 2.88. The minimum Gasteiger partial charge on any atom is -0.464 e. The Labute approximate surface area is 177 Å². The highest BCUT2D eigenvalue weighted by Crippen LogP contribution is 2.27. The number of ether oxygens (including phenoxy) is 2. The van der Waals surface area contributed by atoms with Gasteiger partial charge in [0, 0.05) is 10.6 Å². The lowest BCUT2D eigenvalue weighted by Gasteiger charge is -2.06. The van der Waals surface area contributed by atoms with Gasteiger partial charge in [-0.25, -0.2) is 13.9 Å². The molecular formula is C23H16ClFN2O3. The Hall–Kier alpha value is -3.64. The zero-order valence-electron chi connectivity index (χ0n) is 15.9. The lowest BCUT2D eigenvalue weighted by Crippen LogP contribution is -2.10. The van der Waals surface area contributed by atoms with Crippen LogP contribution in [0.15, 0.2) is 78.9 Å². The number of aromatic nitrogens is 2. The Morgan fingerprint density at radius 1 is 0.933 bits per heavy atom. The van der Waals surface area contributed by atoms with E-state index in [0.29, 0.717) is 27.9 Å². The number of hydrogen-bond acceptors (Lipinski definition) is 4. The van der Waals surface area contributed by atoms with Gasteiger partial charge < -0.3 is 9.47 Å². The number of carbonyl (C=O) groups excluding carboxylic acids is 1. The number of hydrogen-bond donors (Lipinski definition) is 0. The summed E-state index contributed by atoms with van der Waals surface area (Å²) >= 11 is 5.89. The van der Waals surface area contributed by atoms with E-state index in [1.54, 1.807) is 54.6 Å². The molecule has 150 valence electrons. The predicted octanol–water partition coefficient (Wildman–Crippen LogP) is 5.91. The molecule has 0 fully saturated rings. The molecule has 7 heteroatoms. The summed E-state index contributed by atoms with van der Waals surface area (Å²) in [4.78, 5) is 12.2. The molecule has 30 heavy (non-hydrogen) atoms. The second-order valence-electron chi connectivity index (χ2n) is 6.37. The van der Waals surface area contributed by atoms with E-state index in [9.17, 15) is 9.18 Å². The van der Waals surface area contributed by atoms with Gasteiger partial charge in [-0.05, 0) is 78.9 Å². The molecule has 0 N–H and O–H groups in total. The zero-order valence-corrected chi connectivity index (χ0v) is 16.6. The van der Waals surface area contributed by atoms with Crippen molar-refractivity contribution in [3.63, 3.8) is 0 Å². The maximum absolute atomic E-state index is 13.3. The van der Waals surface area contributed by atoms with E-state index >= 15 is 0 Å². The van der Waals surface area contributed by atoms with E-state index in [2.05, 4.69) is 5.10 Å². The zero-order chi connectivity index (χ0) is 21.1. The maximum atomic E-state index is 13.3. The summed E-state index contributed by atoms with van der Waals surface area (Å²) in [7, 11) is 1.30. The maximum Gasteiger partial charge on any atom is 0.356 e. The van der Waals surface area contributed by atoms with Gasteiger partial charge in [0.25, 0.3) is 0 Å². The number of nitrogens with zero attached hydrogens (tertiary/aromatic N) is 2. The average molecular weight is 423 g/mol. The van der Waals surface area contributed by atoms with Crippen molar-refractivity contribution in [3.05, 3.63) is 95.4 Å². The Morgan fingerprint density at radius 2 is 1.53 bits per heavy atom. The molecule has 4 rings (SSSR count). The molecular weight excluding hydrogens is 407 g/mol. The molecule has 1 aromatic heterocycles. The Morgan fingerprint density at radius 3 is 2.13 bits per heavy atom. The van der Waals surface area contributed by atoms with Gasteiger partial charge in [0.2, 0.25) is 0 Å². The smallest absolute Gasteiger partial charge is 0.356 e. The lowest BCUT2D eigenvalue weighted by atomic mass is 10.1. The van der Waals surface area contributed by atoms with Gasteiger partial charge in [0.1, 0.15) is 17.3 Å². The standard InChI is InChI=1S/C23H16ClFN2O3/c1-29-23(28)22-14-21(26-27(22)18-8-6-17(25)7-9-18)15-2-10-19(11-3-15)30-20-12-4-16(24)5-13-20/h2-14H,1H3. The minimum atomic E-state index is -0.541. The summed E-state index contributed by atoms with van der Waals surface area (Å²) in [6.07, 6.45) is 0. The van der Waals surface area contributed by atoms with Crippen molar-refractivity contribution >= 4 is 17.6 Å². The van der Waals surface area contributed by atoms with Crippen LogP contribution in [0.3, 0.4) is 0 Å². The second-order valence-corrected chi connectivity index (χ2v) is 6.81. The number of carbonyl (C=O) groups is 1. The number of benzene rings is 3. The van der Waals surface area contributed by atoms with E-state index < -0.39 is 5.97 Å². The summed E-state index contributed by atoms with van der Waals surface area (Å²) < 4.78 is 25.4. The second kappa shape index (κ2) is 8.39. The first kappa shape index (κ1) is 19.7. The molecule has 0 radical (unpaired) electrons. The van der Waals surface area contributed by atoms with E-state index in [0.717, 1.165) is 5.56 Å². The van der Waals surface area contributed by atoms with Crippen LogP contribution in [-0.2, 0) is 4.74 Å². The minimum absolute atomic E-state index is 0.237. The quantitative estimate of drug-likeness (QED) is 0.375. The molecule has 1 heterocycles. The van der Waals surface area contributed by atoms with Gasteiger partial charge in [-0.3, -0.25) is 0 Å². The molecule has 0 aliphatic rings. The van der Waals surface area contributed by atoms with Crippen molar-refractivity contribution in [3.8, 4) is 28.4 Å². The van der Waals surface area contributed by atoms with Crippen LogP contribution < -0.4 is 4.74 Å². The van der Waals surface area contributed by atoms with Gasteiger partial charge in [-0.15, -0.1) is 0 Å². The van der Waals surface area contributed by atoms with E-state index in [1.165, 1.54) is 23.9 Å². The van der Waals surface area contributed by atoms with Gasteiger partial charge in [-0.1, -0.05) is 11.6 Å². The van der Waals surface area contributed by atoms with Crippen LogP contribution in [0, 0.1) is 5.82 Å². The van der Waals surface area contributed by atoms with Gasteiger partial charge in [-0.2, -0.15) is 5.10 Å². The predicted molar refractivity (Wildman–Crippen MR) is 112 cm³/mol. The monoisotopic (exact) mass is 422 g/mol. The summed E-state index contributed by atoms with van der Waals surface area (Å²) in [6.45, 7) is 0. The highest BCUT2D eigenvalue weighted by molar-refractivity contribution is 6.30. The van der Waals surface area contributed by atoms with Crippen LogP contribution in [0.25, 0.3) is 16.9 Å². The van der Waals surface area contributed by atoms with Crippen molar-refractivity contribution in [1.29, 1.82) is 0 Å². The third kappa shape index (κ3) is 4.18. The molecule has 0 aliphatic carbocycles. The van der Waals surface area contributed by atoms with Gasteiger partial charge >= 0.3 is 5.97 Å². The molecule has 4 aromatic rings. The highest BCUT2D eigenvalue weighted by atomic mass is 35.5. The largest absolute Gasteiger partial charge is 0.464 e. The first-order valence-electron chi connectivity index (χ1n) is 9.01. The van der Waals surface area contributed by atoms with Gasteiger partial charge in [0.05, 0.1) is 18.5 Å². The number of methoxy groups -OCH3 is 1. The van der Waals surface area contributed by atoms with Crippen LogP contribution in [-0.4, -0.2) is 22.9 Å². The highest BCUT2D eigenvalue weighted by Gasteiger charge is 2.18. The molecule has 0 saturated carbocycles. The van der Waals surface area contributed by atoms with Gasteiger partial charge in [0.15, 0.2) is 5.69 Å². The van der Waals surface area contributed by atoms with Crippen LogP contribution in [0.4, 0.5) is 4.39 Å². The fraction of sp³-hybridized carbons (Fsp3) is 0.0435. The molecule has 0 aliphatic heterocycles. The average Bonchev–Trinajstić information content (AvgIpc) is 3.21. The van der Waals surface area contributed by atoms with E-state index in [4.69, 9.17) is 21.1 Å². The van der Waals surface area contributed by atoms with Crippen molar-refractivity contribution in [2.75, 3.05) is 7.11 Å². The van der Waals surface area contributed by atoms with Crippen LogP contribution in [0.5, 0.6) is 11.5 Å². The Balaban J connectivity index is 1.64. The summed E-state index contributed by atoms with van der Waals surface area (Å²) in [5, 5.41) is 5.15. The summed E-state index contributed by atoms with van der Waals surface area (Å²) in [5.41, 5.74) is 2.13. The number of halogens is 2. The van der Waals surface area contributed by atoms with E-state index in [-0.39, 0.29) is 11.5 Å². The molecule has 0 amide bonds.